The minimum atomic E-state index is 0.346. The van der Waals surface area contributed by atoms with Gasteiger partial charge in [-0.3, -0.25) is 0 Å². The molecule has 1 heterocycles. The Morgan fingerprint density at radius 3 is 2.50 bits per heavy atom. The van der Waals surface area contributed by atoms with Crippen LogP contribution in [0.15, 0.2) is 18.2 Å². The molecule has 0 aliphatic carbocycles. The molecule has 0 fully saturated rings. The van der Waals surface area contributed by atoms with E-state index in [9.17, 15) is 0 Å². The molecule has 0 aliphatic heterocycles. The fourth-order valence-corrected chi connectivity index (χ4v) is 2.17. The lowest BCUT2D eigenvalue weighted by Gasteiger charge is -2.01. The van der Waals surface area contributed by atoms with Gasteiger partial charge in [-0.15, -0.1) is 0 Å². The summed E-state index contributed by atoms with van der Waals surface area (Å²) in [7, 11) is 0. The van der Waals surface area contributed by atoms with Crippen LogP contribution in [-0.2, 0) is 0 Å². The molecule has 2 nitrogen and oxygen atoms in total. The summed E-state index contributed by atoms with van der Waals surface area (Å²) >= 11 is 18.7. The maximum absolute atomic E-state index is 6.00. The van der Waals surface area contributed by atoms with Crippen molar-refractivity contribution in [2.24, 2.45) is 0 Å². The number of rotatable bonds is 1. The second-order valence-corrected chi connectivity index (χ2v) is 4.18. The lowest BCUT2D eigenvalue weighted by molar-refractivity contribution is 1.49. The van der Waals surface area contributed by atoms with Crippen molar-refractivity contribution in [3.8, 4) is 11.3 Å². The summed E-state index contributed by atoms with van der Waals surface area (Å²) in [4.78, 5) is 0. The third-order valence-corrected chi connectivity index (χ3v) is 3.37. The Morgan fingerprint density at radius 1 is 1.07 bits per heavy atom. The molecule has 0 radical (unpaired) electrons. The highest BCUT2D eigenvalue weighted by Gasteiger charge is 2.13. The normalized spacial score (nSPS) is 10.5. The fraction of sp³-hybridized carbons (Fsp3) is 0. The van der Waals surface area contributed by atoms with E-state index < -0.39 is 0 Å². The number of nitrogens with zero attached hydrogens (tertiary/aromatic N) is 2. The Kier molecular flexibility index (Phi) is 2.93. The van der Waals surface area contributed by atoms with Crippen LogP contribution in [0, 0.1) is 0 Å². The van der Waals surface area contributed by atoms with Crippen LogP contribution in [0.4, 0.5) is 0 Å². The van der Waals surface area contributed by atoms with Crippen molar-refractivity contribution < 1.29 is 0 Å². The molecule has 2 aromatic rings. The summed E-state index contributed by atoms with van der Waals surface area (Å²) < 4.78 is 7.90. The molecule has 0 atom stereocenters. The lowest BCUT2D eigenvalue weighted by Crippen LogP contribution is -1.80. The predicted octanol–water partition coefficient (Wildman–Crippen LogP) is 4.17. The second kappa shape index (κ2) is 4.03. The largest absolute Gasteiger partial charge is 0.171 e. The first-order valence-electron chi connectivity index (χ1n) is 3.62. The summed E-state index contributed by atoms with van der Waals surface area (Å²) in [5.74, 6) is 0. The Labute approximate surface area is 99.8 Å². The van der Waals surface area contributed by atoms with Crippen molar-refractivity contribution in [1.82, 2.24) is 8.75 Å². The third kappa shape index (κ3) is 1.73. The molecule has 1 aromatic heterocycles. The standard InChI is InChI=1S/C8H3Cl3N2S/c9-5-3-1-2-4(6(5)10)7-8(11)13-14-12-7/h1-3H. The van der Waals surface area contributed by atoms with Crippen LogP contribution in [0.1, 0.15) is 0 Å². The number of hydrogen-bond donors (Lipinski definition) is 0. The summed E-state index contributed by atoms with van der Waals surface area (Å²) in [6.07, 6.45) is 0. The van der Waals surface area contributed by atoms with Crippen molar-refractivity contribution in [3.63, 3.8) is 0 Å². The molecule has 6 heteroatoms. The maximum atomic E-state index is 6.00. The smallest absolute Gasteiger partial charge is 0.170 e. The van der Waals surface area contributed by atoms with Gasteiger partial charge in [0.1, 0.15) is 5.69 Å². The Balaban J connectivity index is 2.63. The Morgan fingerprint density at radius 2 is 1.86 bits per heavy atom. The van der Waals surface area contributed by atoms with Crippen LogP contribution in [0.5, 0.6) is 0 Å². The van der Waals surface area contributed by atoms with Crippen LogP contribution in [0.2, 0.25) is 15.2 Å². The topological polar surface area (TPSA) is 25.8 Å². The number of halogens is 3. The van der Waals surface area contributed by atoms with E-state index in [1.54, 1.807) is 18.2 Å². The van der Waals surface area contributed by atoms with Crippen LogP contribution >= 0.6 is 46.5 Å². The monoisotopic (exact) mass is 264 g/mol. The van der Waals surface area contributed by atoms with Gasteiger partial charge in [0, 0.05) is 5.56 Å². The summed E-state index contributed by atoms with van der Waals surface area (Å²) in [6, 6.07) is 5.30. The Bertz CT molecular complexity index is 469. The molecule has 0 saturated carbocycles. The lowest BCUT2D eigenvalue weighted by atomic mass is 10.2. The van der Waals surface area contributed by atoms with Gasteiger partial charge < -0.3 is 0 Å². The van der Waals surface area contributed by atoms with E-state index in [2.05, 4.69) is 8.75 Å². The minimum absolute atomic E-state index is 0.346. The summed E-state index contributed by atoms with van der Waals surface area (Å²) in [6.45, 7) is 0. The average molecular weight is 266 g/mol. The maximum Gasteiger partial charge on any atom is 0.170 e. The molecule has 0 amide bonds. The van der Waals surface area contributed by atoms with Crippen molar-refractivity contribution in [2.45, 2.75) is 0 Å². The molecule has 0 unspecified atom stereocenters. The van der Waals surface area contributed by atoms with Crippen molar-refractivity contribution in [1.29, 1.82) is 0 Å². The highest BCUT2D eigenvalue weighted by Crippen LogP contribution is 2.35. The van der Waals surface area contributed by atoms with Crippen molar-refractivity contribution in [3.05, 3.63) is 33.4 Å². The average Bonchev–Trinajstić information content (AvgIpc) is 2.57. The molecule has 1 aromatic carbocycles. The van der Waals surface area contributed by atoms with Gasteiger partial charge in [0.15, 0.2) is 5.15 Å². The van der Waals surface area contributed by atoms with E-state index >= 15 is 0 Å². The first kappa shape index (κ1) is 10.2. The number of hydrogen-bond acceptors (Lipinski definition) is 3. The van der Waals surface area contributed by atoms with Gasteiger partial charge in [0.05, 0.1) is 21.8 Å². The van der Waals surface area contributed by atoms with Gasteiger partial charge in [0.2, 0.25) is 0 Å². The van der Waals surface area contributed by atoms with Gasteiger partial charge in [-0.05, 0) is 6.07 Å². The molecule has 0 spiro atoms. The van der Waals surface area contributed by atoms with E-state index in [1.165, 1.54) is 0 Å². The number of aromatic nitrogens is 2. The van der Waals surface area contributed by atoms with E-state index in [4.69, 9.17) is 34.8 Å². The zero-order chi connectivity index (χ0) is 10.1. The molecule has 0 saturated heterocycles. The summed E-state index contributed by atoms with van der Waals surface area (Å²) in [5, 5.41) is 1.27. The van der Waals surface area contributed by atoms with Crippen molar-refractivity contribution >= 4 is 46.5 Å². The zero-order valence-electron chi connectivity index (χ0n) is 6.67. The first-order valence-corrected chi connectivity index (χ1v) is 5.49. The van der Waals surface area contributed by atoms with Crippen molar-refractivity contribution in [2.75, 3.05) is 0 Å². The minimum Gasteiger partial charge on any atom is -0.171 e. The molecule has 14 heavy (non-hydrogen) atoms. The fourth-order valence-electron chi connectivity index (χ4n) is 1.02. The van der Waals surface area contributed by atoms with E-state index in [-0.39, 0.29) is 0 Å². The van der Waals surface area contributed by atoms with Gasteiger partial charge in [-0.25, -0.2) is 0 Å². The van der Waals surface area contributed by atoms with E-state index in [0.717, 1.165) is 11.7 Å². The summed E-state index contributed by atoms with van der Waals surface area (Å²) in [5.41, 5.74) is 1.28. The van der Waals surface area contributed by atoms with Crippen LogP contribution in [0.25, 0.3) is 11.3 Å². The highest BCUT2D eigenvalue weighted by atomic mass is 35.5. The van der Waals surface area contributed by atoms with E-state index in [0.29, 0.717) is 26.5 Å². The molecule has 0 aliphatic rings. The number of benzene rings is 1. The first-order chi connectivity index (χ1) is 6.70. The molecule has 0 bridgehead atoms. The zero-order valence-corrected chi connectivity index (χ0v) is 9.75. The second-order valence-electron chi connectivity index (χ2n) is 2.51. The molecule has 0 N–H and O–H groups in total. The molecule has 2 rings (SSSR count). The van der Waals surface area contributed by atoms with Crippen LogP contribution in [0.3, 0.4) is 0 Å². The van der Waals surface area contributed by atoms with Crippen LogP contribution < -0.4 is 0 Å². The van der Waals surface area contributed by atoms with Gasteiger partial charge >= 0.3 is 0 Å². The van der Waals surface area contributed by atoms with Gasteiger partial charge in [-0.1, -0.05) is 46.9 Å². The SMILES string of the molecule is Clc1cccc(-c2nsnc2Cl)c1Cl. The van der Waals surface area contributed by atoms with Gasteiger partial charge in [-0.2, -0.15) is 8.75 Å². The predicted molar refractivity (Wildman–Crippen MR) is 60.4 cm³/mol. The Hall–Kier alpha value is -0.350. The molecule has 72 valence electrons. The van der Waals surface area contributed by atoms with E-state index in [1.807, 2.05) is 0 Å². The van der Waals surface area contributed by atoms with Gasteiger partial charge in [0.25, 0.3) is 0 Å². The molecular weight excluding hydrogens is 263 g/mol. The highest BCUT2D eigenvalue weighted by molar-refractivity contribution is 6.99. The quantitative estimate of drug-likeness (QED) is 0.773. The third-order valence-electron chi connectivity index (χ3n) is 1.66. The van der Waals surface area contributed by atoms with Crippen LogP contribution in [-0.4, -0.2) is 8.75 Å². The molecular formula is C8H3Cl3N2S.